The summed E-state index contributed by atoms with van der Waals surface area (Å²) in [6, 6.07) is -0.730. The van der Waals surface area contributed by atoms with E-state index in [-0.39, 0.29) is 42.7 Å². The van der Waals surface area contributed by atoms with E-state index in [9.17, 15) is 19.5 Å². The minimum Gasteiger partial charge on any atom is -0.544 e. The minimum absolute atomic E-state index is 0.0326. The van der Waals surface area contributed by atoms with Crippen molar-refractivity contribution in [1.29, 1.82) is 0 Å². The molecule has 334 valence electrons. The Balaban J connectivity index is 4.34. The summed E-state index contributed by atoms with van der Waals surface area (Å²) in [6.07, 6.45) is 49.5. The summed E-state index contributed by atoms with van der Waals surface area (Å²) in [5.74, 6) is -1.76. The SMILES string of the molecule is CC/C=C/C/C=C/C/C=C/C/C=C/CCCCCCCCC(=O)OCC(COCCC(C(=O)[O-])[N+](C)(C)C)OC(=O)CCCCCCCCC/C=C/CCCCCC. The maximum Gasteiger partial charge on any atom is 0.306 e. The topological polar surface area (TPSA) is 102 Å². The first-order valence-corrected chi connectivity index (χ1v) is 23.3. The maximum atomic E-state index is 12.7. The van der Waals surface area contributed by atoms with Gasteiger partial charge in [0.25, 0.3) is 0 Å². The molecular formula is C50H87NO7. The summed E-state index contributed by atoms with van der Waals surface area (Å²) in [6.45, 7) is 4.52. The van der Waals surface area contributed by atoms with Crippen molar-refractivity contribution in [2.75, 3.05) is 41.0 Å². The van der Waals surface area contributed by atoms with Gasteiger partial charge in [-0.1, -0.05) is 152 Å². The predicted molar refractivity (Wildman–Crippen MR) is 240 cm³/mol. The third-order valence-corrected chi connectivity index (χ3v) is 10.1. The van der Waals surface area contributed by atoms with Gasteiger partial charge in [0.2, 0.25) is 0 Å². The summed E-state index contributed by atoms with van der Waals surface area (Å²) < 4.78 is 17.2. The van der Waals surface area contributed by atoms with Gasteiger partial charge in [-0.05, 0) is 77.0 Å². The Kier molecular flexibility index (Phi) is 38.7. The van der Waals surface area contributed by atoms with E-state index in [2.05, 4.69) is 74.6 Å². The van der Waals surface area contributed by atoms with E-state index >= 15 is 0 Å². The first kappa shape index (κ1) is 55.0. The van der Waals surface area contributed by atoms with Crippen LogP contribution in [0.4, 0.5) is 0 Å². The molecule has 2 atom stereocenters. The fourth-order valence-corrected chi connectivity index (χ4v) is 6.53. The lowest BCUT2D eigenvalue weighted by Gasteiger charge is -2.34. The van der Waals surface area contributed by atoms with Crippen molar-refractivity contribution < 1.29 is 38.2 Å². The molecule has 0 aromatic heterocycles. The molecule has 0 saturated heterocycles. The number of nitrogens with zero attached hydrogens (tertiary/aromatic N) is 1. The van der Waals surface area contributed by atoms with Crippen LogP contribution in [0, 0.1) is 0 Å². The molecule has 0 saturated carbocycles. The average molecular weight is 814 g/mol. The van der Waals surface area contributed by atoms with Crippen LogP contribution in [0.25, 0.3) is 0 Å². The fraction of sp³-hybridized carbons (Fsp3) is 0.740. The Hall–Kier alpha value is -2.97. The number of hydrogen-bond donors (Lipinski definition) is 0. The number of likely N-dealkylation sites (N-methyl/N-ethyl adjacent to an activating group) is 1. The van der Waals surface area contributed by atoms with Gasteiger partial charge in [0.05, 0.1) is 40.3 Å². The molecule has 0 heterocycles. The molecule has 0 aromatic carbocycles. The quantitative estimate of drug-likeness (QED) is 0.0262. The van der Waals surface area contributed by atoms with Crippen LogP contribution in [0.1, 0.15) is 187 Å². The van der Waals surface area contributed by atoms with Crippen LogP contribution in [0.15, 0.2) is 60.8 Å². The minimum atomic E-state index is -1.13. The second-order valence-corrected chi connectivity index (χ2v) is 16.6. The average Bonchev–Trinajstić information content (AvgIpc) is 3.18. The van der Waals surface area contributed by atoms with Crippen molar-refractivity contribution in [2.45, 2.75) is 199 Å². The normalized spacial score (nSPS) is 13.5. The number of allylic oxidation sites excluding steroid dienone is 10. The summed E-state index contributed by atoms with van der Waals surface area (Å²) in [4.78, 5) is 36.9. The molecule has 0 radical (unpaired) electrons. The molecular weight excluding hydrogens is 727 g/mol. The van der Waals surface area contributed by atoms with Gasteiger partial charge in [-0.25, -0.2) is 0 Å². The van der Waals surface area contributed by atoms with E-state index in [1.54, 1.807) is 21.1 Å². The van der Waals surface area contributed by atoms with E-state index in [4.69, 9.17) is 14.2 Å². The number of quaternary nitrogens is 1. The highest BCUT2D eigenvalue weighted by Crippen LogP contribution is 2.14. The third-order valence-electron chi connectivity index (χ3n) is 10.1. The van der Waals surface area contributed by atoms with Gasteiger partial charge >= 0.3 is 11.9 Å². The Labute approximate surface area is 356 Å². The number of esters is 2. The van der Waals surface area contributed by atoms with E-state index in [0.717, 1.165) is 77.0 Å². The monoisotopic (exact) mass is 814 g/mol. The smallest absolute Gasteiger partial charge is 0.306 e. The molecule has 0 aliphatic rings. The zero-order valence-corrected chi connectivity index (χ0v) is 37.9. The molecule has 8 heteroatoms. The highest BCUT2D eigenvalue weighted by Gasteiger charge is 2.25. The molecule has 0 amide bonds. The van der Waals surface area contributed by atoms with Crippen LogP contribution in [0.3, 0.4) is 0 Å². The summed E-state index contributed by atoms with van der Waals surface area (Å²) in [5.41, 5.74) is 0. The molecule has 0 aromatic rings. The number of carboxylic acid groups (broad SMARTS) is 1. The Morgan fingerprint density at radius 2 is 0.966 bits per heavy atom. The highest BCUT2D eigenvalue weighted by molar-refractivity contribution is 5.70. The standard InChI is InChI=1S/C50H87NO7/c1-6-8-10-12-14-16-18-20-22-23-24-25-27-28-30-32-34-36-38-40-48(52)57-45-46(44-56-43-42-47(50(54)55)51(3,4)5)58-49(53)41-39-37-35-33-31-29-26-21-19-17-15-13-11-9-7-2/h8,10,14,16-17,19-20,22,24-25,46-47H,6-7,9,11-13,15,18,21,23,26-45H2,1-5H3/b10-8+,16-14+,19-17+,22-20+,25-24+. The van der Waals surface area contributed by atoms with Crippen molar-refractivity contribution in [3.05, 3.63) is 60.8 Å². The number of rotatable bonds is 41. The highest BCUT2D eigenvalue weighted by atomic mass is 16.6. The molecule has 0 spiro atoms. The Bertz CT molecular complexity index is 1130. The first-order chi connectivity index (χ1) is 28.1. The van der Waals surface area contributed by atoms with Crippen LogP contribution in [-0.2, 0) is 28.6 Å². The van der Waals surface area contributed by atoms with Crippen LogP contribution in [-0.4, -0.2) is 75.5 Å². The summed E-state index contributed by atoms with van der Waals surface area (Å²) in [5, 5.41) is 11.6. The van der Waals surface area contributed by atoms with Crippen molar-refractivity contribution >= 4 is 17.9 Å². The van der Waals surface area contributed by atoms with Crippen molar-refractivity contribution in [3.63, 3.8) is 0 Å². The molecule has 2 unspecified atom stereocenters. The zero-order chi connectivity index (χ0) is 42.8. The summed E-state index contributed by atoms with van der Waals surface area (Å²) in [7, 11) is 5.40. The van der Waals surface area contributed by atoms with Gasteiger partial charge < -0.3 is 28.6 Å². The lowest BCUT2D eigenvalue weighted by molar-refractivity contribution is -0.889. The van der Waals surface area contributed by atoms with Gasteiger partial charge in [0.15, 0.2) is 6.10 Å². The van der Waals surface area contributed by atoms with Crippen molar-refractivity contribution in [1.82, 2.24) is 0 Å². The largest absolute Gasteiger partial charge is 0.544 e. The van der Waals surface area contributed by atoms with Crippen LogP contribution in [0.5, 0.6) is 0 Å². The van der Waals surface area contributed by atoms with Crippen LogP contribution in [0.2, 0.25) is 0 Å². The molecule has 0 N–H and O–H groups in total. The number of unbranched alkanes of at least 4 members (excludes halogenated alkanes) is 17. The number of ether oxygens (including phenoxy) is 3. The van der Waals surface area contributed by atoms with E-state index in [1.807, 2.05) is 0 Å². The van der Waals surface area contributed by atoms with Gasteiger partial charge in [0.1, 0.15) is 12.6 Å². The second kappa shape index (κ2) is 40.8. The molecule has 0 aliphatic heterocycles. The number of carbonyl (C=O) groups is 3. The van der Waals surface area contributed by atoms with E-state index in [1.165, 1.54) is 77.0 Å². The molecule has 58 heavy (non-hydrogen) atoms. The molecule has 8 nitrogen and oxygen atoms in total. The fourth-order valence-electron chi connectivity index (χ4n) is 6.53. The van der Waals surface area contributed by atoms with Crippen molar-refractivity contribution in [3.8, 4) is 0 Å². The van der Waals surface area contributed by atoms with Gasteiger partial charge in [0, 0.05) is 19.3 Å². The summed E-state index contributed by atoms with van der Waals surface area (Å²) >= 11 is 0. The lowest BCUT2D eigenvalue weighted by Crippen LogP contribution is -2.55. The zero-order valence-electron chi connectivity index (χ0n) is 37.9. The van der Waals surface area contributed by atoms with E-state index in [0.29, 0.717) is 12.8 Å². The second-order valence-electron chi connectivity index (χ2n) is 16.6. The Morgan fingerprint density at radius 1 is 0.534 bits per heavy atom. The van der Waals surface area contributed by atoms with Crippen LogP contribution < -0.4 is 5.11 Å². The third kappa shape index (κ3) is 38.5. The molecule has 0 rings (SSSR count). The number of carboxylic acids is 1. The Morgan fingerprint density at radius 3 is 1.45 bits per heavy atom. The number of aliphatic carboxylic acids is 1. The molecule has 0 fully saturated rings. The number of carbonyl (C=O) groups excluding carboxylic acids is 3. The molecule has 0 aliphatic carbocycles. The van der Waals surface area contributed by atoms with Crippen molar-refractivity contribution in [2.24, 2.45) is 0 Å². The first-order valence-electron chi connectivity index (χ1n) is 23.3. The predicted octanol–water partition coefficient (Wildman–Crippen LogP) is 11.6. The number of hydrogen-bond acceptors (Lipinski definition) is 7. The van der Waals surface area contributed by atoms with E-state index < -0.39 is 18.1 Å². The maximum absolute atomic E-state index is 12.7. The lowest BCUT2D eigenvalue weighted by atomic mass is 10.1. The van der Waals surface area contributed by atoms with Gasteiger partial charge in [-0.3, -0.25) is 9.59 Å². The van der Waals surface area contributed by atoms with Gasteiger partial charge in [-0.15, -0.1) is 0 Å². The van der Waals surface area contributed by atoms with Crippen LogP contribution >= 0.6 is 0 Å². The van der Waals surface area contributed by atoms with Gasteiger partial charge in [-0.2, -0.15) is 0 Å². The molecule has 0 bridgehead atoms.